The zero-order valence-electron chi connectivity index (χ0n) is 31.6. The van der Waals surface area contributed by atoms with Gasteiger partial charge in [-0.3, -0.25) is 29.9 Å². The Morgan fingerprint density at radius 3 is 2.35 bits per heavy atom. The fourth-order valence-corrected chi connectivity index (χ4v) is 8.24. The van der Waals surface area contributed by atoms with Gasteiger partial charge in [-0.15, -0.1) is 0 Å². The lowest BCUT2D eigenvalue weighted by Gasteiger charge is -2.34. The van der Waals surface area contributed by atoms with E-state index < -0.39 is 5.91 Å². The van der Waals surface area contributed by atoms with Crippen LogP contribution in [0.25, 0.3) is 32.9 Å². The van der Waals surface area contributed by atoms with Gasteiger partial charge in [0.15, 0.2) is 0 Å². The van der Waals surface area contributed by atoms with Crippen molar-refractivity contribution in [3.05, 3.63) is 98.0 Å². The predicted molar refractivity (Wildman–Crippen MR) is 214 cm³/mol. The molecule has 4 heterocycles. The number of amides is 3. The Kier molecular flexibility index (Phi) is 9.74. The lowest BCUT2D eigenvalue weighted by Crippen LogP contribution is -2.42. The van der Waals surface area contributed by atoms with Gasteiger partial charge in [0, 0.05) is 83.5 Å². The van der Waals surface area contributed by atoms with Crippen LogP contribution in [0.4, 0.5) is 5.69 Å². The second-order valence-electron chi connectivity index (χ2n) is 14.3. The number of hydrogen-bond acceptors (Lipinski definition) is 5. The maximum absolute atomic E-state index is 15.1. The Hall–Kier alpha value is -5.26. The Morgan fingerprint density at radius 1 is 0.963 bits per heavy atom. The number of fused-ring (bicyclic) bond motifs is 4. The third-order valence-electron chi connectivity index (χ3n) is 10.4. The molecule has 1 aliphatic rings. The van der Waals surface area contributed by atoms with Crippen LogP contribution in [0.3, 0.4) is 0 Å². The van der Waals surface area contributed by atoms with Gasteiger partial charge in [-0.05, 0) is 101 Å². The number of carbonyl (C=O) groups is 3. The number of hydrazine groups is 1. The number of nitrogens with one attached hydrogen (secondary N) is 2. The van der Waals surface area contributed by atoms with Crippen LogP contribution in [0.15, 0.2) is 48.7 Å². The van der Waals surface area contributed by atoms with Gasteiger partial charge >= 0.3 is 0 Å². The summed E-state index contributed by atoms with van der Waals surface area (Å²) in [4.78, 5) is 41.3. The first-order valence-corrected chi connectivity index (χ1v) is 18.7. The first-order chi connectivity index (χ1) is 25.7. The quantitative estimate of drug-likeness (QED) is 0.120. The number of nitrogens with zero attached hydrogens (tertiary/aromatic N) is 5. The van der Waals surface area contributed by atoms with Crippen LogP contribution in [0.2, 0.25) is 10.0 Å². The highest BCUT2D eigenvalue weighted by molar-refractivity contribution is 6.35. The molecule has 0 bridgehead atoms. The normalized spacial score (nSPS) is 14.2. The molecule has 3 aromatic carbocycles. The number of halogens is 2. The Morgan fingerprint density at radius 2 is 1.69 bits per heavy atom. The molecule has 0 aliphatic carbocycles. The molecular weight excluding hydrogens is 725 g/mol. The van der Waals surface area contributed by atoms with Gasteiger partial charge in [-0.1, -0.05) is 29.3 Å². The maximum atomic E-state index is 15.1. The molecule has 54 heavy (non-hydrogen) atoms. The summed E-state index contributed by atoms with van der Waals surface area (Å²) in [6.07, 6.45) is 3.15. The van der Waals surface area contributed by atoms with E-state index in [4.69, 9.17) is 33.0 Å². The number of rotatable bonds is 8. The largest absolute Gasteiger partial charge is 0.494 e. The molecule has 13 heteroatoms. The van der Waals surface area contributed by atoms with Gasteiger partial charge in [-0.2, -0.15) is 5.10 Å². The highest BCUT2D eigenvalue weighted by Crippen LogP contribution is 2.45. The number of ether oxygens (including phenoxy) is 1. The maximum Gasteiger partial charge on any atom is 0.275 e. The van der Waals surface area contributed by atoms with Crippen LogP contribution in [0.5, 0.6) is 5.75 Å². The molecule has 2 N–H and O–H groups in total. The van der Waals surface area contributed by atoms with Crippen molar-refractivity contribution in [1.29, 1.82) is 0 Å². The Labute approximate surface area is 323 Å². The minimum absolute atomic E-state index is 0.147. The summed E-state index contributed by atoms with van der Waals surface area (Å²) in [6, 6.07) is 13.0. The molecule has 0 unspecified atom stereocenters. The highest BCUT2D eigenvalue weighted by Gasteiger charge is 2.37. The molecule has 0 radical (unpaired) electrons. The van der Waals surface area contributed by atoms with Crippen molar-refractivity contribution >= 4 is 68.4 Å². The predicted octanol–water partition coefficient (Wildman–Crippen LogP) is 8.09. The number of hydrogen-bond donors (Lipinski definition) is 2. The first kappa shape index (κ1) is 37.1. The average Bonchev–Trinajstić information content (AvgIpc) is 3.73. The third-order valence-corrected chi connectivity index (χ3v) is 11.3. The molecule has 280 valence electrons. The highest BCUT2D eigenvalue weighted by atomic mass is 35.5. The average molecular weight is 769 g/mol. The molecule has 0 spiro atoms. The lowest BCUT2D eigenvalue weighted by atomic mass is 9.98. The second-order valence-corrected chi connectivity index (χ2v) is 15.1. The fraction of sp³-hybridized carbons (Fsp3) is 0.317. The van der Waals surface area contributed by atoms with E-state index >= 15 is 4.79 Å². The molecule has 0 saturated heterocycles. The molecule has 0 fully saturated rings. The summed E-state index contributed by atoms with van der Waals surface area (Å²) in [5.74, 6) is -0.235. The van der Waals surface area contributed by atoms with Gasteiger partial charge < -0.3 is 18.8 Å². The van der Waals surface area contributed by atoms with Crippen LogP contribution in [0, 0.1) is 27.7 Å². The van der Waals surface area contributed by atoms with E-state index in [2.05, 4.69) is 22.3 Å². The van der Waals surface area contributed by atoms with E-state index in [1.54, 1.807) is 12.1 Å². The topological polar surface area (TPSA) is 115 Å². The number of aryl methyl sites for hydroxylation is 6. The summed E-state index contributed by atoms with van der Waals surface area (Å²) < 4.78 is 12.2. The standard InChI is InChI=1S/C41H43Cl2N7O4/c1-21-16-28(17-22(2)37(21)43)54-15-9-10-29-30-12-13-32(42)36(35-24(4)46-48(8)25(35)5)38(30)50-23(3)19-49(41(53)39(29)50)34-20-47(7)33-14-11-27(18-31(33)34)40(52)45-44-26(6)51/h11-14,16-18,20,23H,9-10,15,19H2,1-8H3,(H,44,51)(H,45,52)/t23-/m1/s1. The molecule has 3 amide bonds. The lowest BCUT2D eigenvalue weighted by molar-refractivity contribution is -0.119. The molecule has 11 nitrogen and oxygen atoms in total. The van der Waals surface area contributed by atoms with Gasteiger partial charge in [0.2, 0.25) is 5.91 Å². The number of aromatic nitrogens is 4. The van der Waals surface area contributed by atoms with Crippen molar-refractivity contribution in [1.82, 2.24) is 29.8 Å². The van der Waals surface area contributed by atoms with Crippen molar-refractivity contribution in [2.75, 3.05) is 18.1 Å². The fourth-order valence-electron chi connectivity index (χ4n) is 7.88. The smallest absolute Gasteiger partial charge is 0.275 e. The SMILES string of the molecule is CC(=O)NNC(=O)c1ccc2c(c1)c(N1C[C@@H](C)n3c(c(CCCOc4cc(C)c(Cl)c(C)c4)c4ccc(Cl)c(-c5c(C)nn(C)c5C)c43)C1=O)cn2C. The summed E-state index contributed by atoms with van der Waals surface area (Å²) in [6.45, 7) is 12.2. The van der Waals surface area contributed by atoms with Crippen molar-refractivity contribution in [3.8, 4) is 16.9 Å². The van der Waals surface area contributed by atoms with Crippen LogP contribution < -0.4 is 20.5 Å². The minimum Gasteiger partial charge on any atom is -0.494 e. The molecular formula is C41H43Cl2N7O4. The summed E-state index contributed by atoms with van der Waals surface area (Å²) in [5, 5.41) is 7.74. The minimum atomic E-state index is -0.459. The van der Waals surface area contributed by atoms with E-state index in [-0.39, 0.29) is 17.9 Å². The second kappa shape index (κ2) is 14.2. The summed E-state index contributed by atoms with van der Waals surface area (Å²) in [7, 11) is 3.84. The van der Waals surface area contributed by atoms with E-state index in [1.165, 1.54) is 6.92 Å². The summed E-state index contributed by atoms with van der Waals surface area (Å²) >= 11 is 13.5. The van der Waals surface area contributed by atoms with Crippen LogP contribution in [0.1, 0.15) is 75.2 Å². The van der Waals surface area contributed by atoms with Crippen molar-refractivity contribution in [2.45, 2.75) is 60.4 Å². The van der Waals surface area contributed by atoms with Crippen LogP contribution >= 0.6 is 23.2 Å². The van der Waals surface area contributed by atoms with Gasteiger partial charge in [0.05, 0.1) is 28.5 Å². The van der Waals surface area contributed by atoms with E-state index in [9.17, 15) is 9.59 Å². The molecule has 1 atom stereocenters. The van der Waals surface area contributed by atoms with Crippen LogP contribution in [-0.2, 0) is 25.3 Å². The monoisotopic (exact) mass is 767 g/mol. The number of benzene rings is 3. The summed E-state index contributed by atoms with van der Waals surface area (Å²) in [5.41, 5.74) is 14.7. The molecule has 0 saturated carbocycles. The Bertz CT molecular complexity index is 2510. The zero-order chi connectivity index (χ0) is 38.7. The van der Waals surface area contributed by atoms with Gasteiger partial charge in [-0.25, -0.2) is 0 Å². The van der Waals surface area contributed by atoms with E-state index in [0.717, 1.165) is 71.8 Å². The number of carbonyl (C=O) groups excluding carboxylic acids is 3. The molecule has 3 aromatic heterocycles. The van der Waals surface area contributed by atoms with Gasteiger partial charge in [0.1, 0.15) is 11.4 Å². The van der Waals surface area contributed by atoms with Crippen molar-refractivity contribution < 1.29 is 19.1 Å². The van der Waals surface area contributed by atoms with Crippen LogP contribution in [-0.4, -0.2) is 49.8 Å². The van der Waals surface area contributed by atoms with Crippen molar-refractivity contribution in [2.24, 2.45) is 14.1 Å². The van der Waals surface area contributed by atoms with E-state index in [0.29, 0.717) is 48.0 Å². The molecule has 6 aromatic rings. The first-order valence-electron chi connectivity index (χ1n) is 17.9. The van der Waals surface area contributed by atoms with Gasteiger partial charge in [0.25, 0.3) is 11.8 Å². The molecule has 7 rings (SSSR count). The number of anilines is 1. The van der Waals surface area contributed by atoms with Crippen molar-refractivity contribution in [3.63, 3.8) is 0 Å². The zero-order valence-corrected chi connectivity index (χ0v) is 33.2. The molecule has 1 aliphatic heterocycles. The Balaban J connectivity index is 1.35. The third kappa shape index (κ3) is 6.28. The van der Waals surface area contributed by atoms with E-state index in [1.807, 2.05) is 92.5 Å².